The molecular weight excluding hydrogens is 232 g/mol. The fraction of sp³-hybridized carbons (Fsp3) is 0.154. The van der Waals surface area contributed by atoms with Gasteiger partial charge in [0.05, 0.1) is 10.5 Å². The summed E-state index contributed by atoms with van der Waals surface area (Å²) in [6.07, 6.45) is 0. The fourth-order valence-corrected chi connectivity index (χ4v) is 1.69. The van der Waals surface area contributed by atoms with Crippen molar-refractivity contribution >= 4 is 5.69 Å². The molecular formula is C13H10N2O3. The Kier molecular flexibility index (Phi) is 2.86. The van der Waals surface area contributed by atoms with Gasteiger partial charge in [-0.3, -0.25) is 10.1 Å². The van der Waals surface area contributed by atoms with Crippen LogP contribution in [0.1, 0.15) is 16.9 Å². The molecule has 5 nitrogen and oxygen atoms in total. The van der Waals surface area contributed by atoms with Crippen LogP contribution in [0, 0.1) is 35.3 Å². The molecule has 0 N–H and O–H groups in total. The molecule has 2 aromatic rings. The lowest BCUT2D eigenvalue weighted by Crippen LogP contribution is -1.94. The van der Waals surface area contributed by atoms with Gasteiger partial charge in [-0.25, -0.2) is 0 Å². The molecule has 0 aliphatic rings. The summed E-state index contributed by atoms with van der Waals surface area (Å²) in [5, 5.41) is 19.7. The summed E-state index contributed by atoms with van der Waals surface area (Å²) < 4.78 is 5.24. The zero-order chi connectivity index (χ0) is 13.3. The van der Waals surface area contributed by atoms with Gasteiger partial charge >= 0.3 is 0 Å². The topological polar surface area (TPSA) is 80.1 Å². The van der Waals surface area contributed by atoms with Crippen molar-refractivity contribution in [1.82, 2.24) is 0 Å². The van der Waals surface area contributed by atoms with Gasteiger partial charge in [0, 0.05) is 6.07 Å². The predicted molar refractivity (Wildman–Crippen MR) is 65.0 cm³/mol. The van der Waals surface area contributed by atoms with E-state index in [1.807, 2.05) is 19.9 Å². The lowest BCUT2D eigenvalue weighted by Gasteiger charge is -2.04. The number of rotatable bonds is 2. The standard InChI is InChI=1S/C13H10N2O3/c1-8-5-11(12(15(16)17)6-9(8)2)13-4-3-10(7-14)18-13/h3-6H,1-2H3. The first-order valence-corrected chi connectivity index (χ1v) is 5.29. The first-order chi connectivity index (χ1) is 8.52. The molecule has 0 saturated heterocycles. The lowest BCUT2D eigenvalue weighted by molar-refractivity contribution is -0.384. The Morgan fingerprint density at radius 2 is 1.94 bits per heavy atom. The van der Waals surface area contributed by atoms with Crippen LogP contribution >= 0.6 is 0 Å². The van der Waals surface area contributed by atoms with Gasteiger partial charge in [0.15, 0.2) is 0 Å². The van der Waals surface area contributed by atoms with Crippen LogP contribution in [0.25, 0.3) is 11.3 Å². The molecule has 0 bridgehead atoms. The maximum Gasteiger partial charge on any atom is 0.280 e. The third-order valence-electron chi connectivity index (χ3n) is 2.79. The van der Waals surface area contributed by atoms with Crippen LogP contribution in [0.2, 0.25) is 0 Å². The minimum absolute atomic E-state index is 0.0167. The number of benzene rings is 1. The van der Waals surface area contributed by atoms with Gasteiger partial charge in [-0.1, -0.05) is 0 Å². The first kappa shape index (κ1) is 11.9. The zero-order valence-electron chi connectivity index (χ0n) is 9.93. The number of nitro groups is 1. The lowest BCUT2D eigenvalue weighted by atomic mass is 10.0. The molecule has 0 radical (unpaired) electrons. The van der Waals surface area contributed by atoms with Gasteiger partial charge in [-0.05, 0) is 43.2 Å². The second-order valence-electron chi connectivity index (χ2n) is 3.99. The molecule has 1 aromatic heterocycles. The van der Waals surface area contributed by atoms with Crippen molar-refractivity contribution in [3.63, 3.8) is 0 Å². The van der Waals surface area contributed by atoms with Crippen LogP contribution in [0.4, 0.5) is 5.69 Å². The molecule has 5 heteroatoms. The second kappa shape index (κ2) is 4.34. The molecule has 0 aliphatic carbocycles. The minimum Gasteiger partial charge on any atom is -0.445 e. The Balaban J connectivity index is 2.66. The van der Waals surface area contributed by atoms with E-state index in [9.17, 15) is 10.1 Å². The molecule has 18 heavy (non-hydrogen) atoms. The summed E-state index contributed by atoms with van der Waals surface area (Å²) in [5.41, 5.74) is 2.16. The van der Waals surface area contributed by atoms with Crippen LogP contribution < -0.4 is 0 Å². The van der Waals surface area contributed by atoms with Crippen LogP contribution in [0.5, 0.6) is 0 Å². The van der Waals surface area contributed by atoms with Crippen molar-refractivity contribution in [3.05, 3.63) is 51.3 Å². The fourth-order valence-electron chi connectivity index (χ4n) is 1.69. The summed E-state index contributed by atoms with van der Waals surface area (Å²) in [5.74, 6) is 0.471. The molecule has 0 fully saturated rings. The van der Waals surface area contributed by atoms with Crippen LogP contribution in [0.3, 0.4) is 0 Å². The van der Waals surface area contributed by atoms with E-state index < -0.39 is 4.92 Å². The molecule has 0 saturated carbocycles. The van der Waals surface area contributed by atoms with Crippen molar-refractivity contribution in [3.8, 4) is 17.4 Å². The van der Waals surface area contributed by atoms with E-state index in [0.29, 0.717) is 11.3 Å². The van der Waals surface area contributed by atoms with Gasteiger partial charge in [0.2, 0.25) is 5.76 Å². The molecule has 0 unspecified atom stereocenters. The smallest absolute Gasteiger partial charge is 0.280 e. The van der Waals surface area contributed by atoms with Crippen molar-refractivity contribution in [2.24, 2.45) is 0 Å². The molecule has 0 atom stereocenters. The van der Waals surface area contributed by atoms with Gasteiger partial charge in [0.1, 0.15) is 11.8 Å². The van der Waals surface area contributed by atoms with Crippen molar-refractivity contribution in [2.45, 2.75) is 13.8 Å². The third kappa shape index (κ3) is 1.96. The number of furan rings is 1. The van der Waals surface area contributed by atoms with E-state index >= 15 is 0 Å². The molecule has 1 aromatic carbocycles. The molecule has 0 spiro atoms. The average molecular weight is 242 g/mol. The van der Waals surface area contributed by atoms with E-state index in [0.717, 1.165) is 11.1 Å². The summed E-state index contributed by atoms with van der Waals surface area (Å²) in [6.45, 7) is 3.69. The van der Waals surface area contributed by atoms with E-state index in [1.54, 1.807) is 12.1 Å². The third-order valence-corrected chi connectivity index (χ3v) is 2.79. The van der Waals surface area contributed by atoms with Crippen LogP contribution in [-0.4, -0.2) is 4.92 Å². The summed E-state index contributed by atoms with van der Waals surface area (Å²) >= 11 is 0. The number of nitrogens with zero attached hydrogens (tertiary/aromatic N) is 2. The quantitative estimate of drug-likeness (QED) is 0.597. The summed E-state index contributed by atoms with van der Waals surface area (Å²) in [6, 6.07) is 8.13. The normalized spacial score (nSPS) is 10.1. The van der Waals surface area contributed by atoms with E-state index in [4.69, 9.17) is 9.68 Å². The highest BCUT2D eigenvalue weighted by Crippen LogP contribution is 2.33. The van der Waals surface area contributed by atoms with Crippen molar-refractivity contribution in [2.75, 3.05) is 0 Å². The van der Waals surface area contributed by atoms with E-state index in [-0.39, 0.29) is 11.4 Å². The minimum atomic E-state index is -0.448. The number of hydrogen-bond donors (Lipinski definition) is 0. The van der Waals surface area contributed by atoms with Crippen molar-refractivity contribution in [1.29, 1.82) is 5.26 Å². The van der Waals surface area contributed by atoms with Gasteiger partial charge in [-0.15, -0.1) is 0 Å². The highest BCUT2D eigenvalue weighted by Gasteiger charge is 2.19. The molecule has 1 heterocycles. The zero-order valence-corrected chi connectivity index (χ0v) is 9.93. The van der Waals surface area contributed by atoms with Crippen LogP contribution in [-0.2, 0) is 0 Å². The molecule has 0 amide bonds. The molecule has 2 rings (SSSR count). The predicted octanol–water partition coefficient (Wildman–Crippen LogP) is 3.34. The molecule has 0 aliphatic heterocycles. The summed E-state index contributed by atoms with van der Waals surface area (Å²) in [7, 11) is 0. The number of aryl methyl sites for hydroxylation is 2. The van der Waals surface area contributed by atoms with Gasteiger partial charge in [0.25, 0.3) is 5.69 Å². The molecule has 90 valence electrons. The van der Waals surface area contributed by atoms with E-state index in [2.05, 4.69) is 0 Å². The Labute approximate surface area is 103 Å². The largest absolute Gasteiger partial charge is 0.445 e. The maximum atomic E-state index is 11.0. The monoisotopic (exact) mass is 242 g/mol. The van der Waals surface area contributed by atoms with Gasteiger partial charge in [-0.2, -0.15) is 5.26 Å². The van der Waals surface area contributed by atoms with E-state index in [1.165, 1.54) is 12.1 Å². The Morgan fingerprint density at radius 3 is 2.50 bits per heavy atom. The SMILES string of the molecule is Cc1cc(-c2ccc(C#N)o2)c([N+](=O)[O-])cc1C. The number of nitriles is 1. The first-order valence-electron chi connectivity index (χ1n) is 5.29. The second-order valence-corrected chi connectivity index (χ2v) is 3.99. The average Bonchev–Trinajstić information content (AvgIpc) is 2.80. The van der Waals surface area contributed by atoms with Crippen molar-refractivity contribution < 1.29 is 9.34 Å². The highest BCUT2D eigenvalue weighted by molar-refractivity contribution is 5.71. The Morgan fingerprint density at radius 1 is 1.28 bits per heavy atom. The Hall–Kier alpha value is -2.61. The maximum absolute atomic E-state index is 11.0. The highest BCUT2D eigenvalue weighted by atomic mass is 16.6. The van der Waals surface area contributed by atoms with Crippen LogP contribution in [0.15, 0.2) is 28.7 Å². The Bertz CT molecular complexity index is 665. The number of nitro benzene ring substituents is 1. The van der Waals surface area contributed by atoms with Gasteiger partial charge < -0.3 is 4.42 Å². The summed E-state index contributed by atoms with van der Waals surface area (Å²) in [4.78, 5) is 10.6. The number of hydrogen-bond acceptors (Lipinski definition) is 4.